The molecule has 90 valence electrons. The van der Waals surface area contributed by atoms with Gasteiger partial charge in [-0.15, -0.1) is 0 Å². The van der Waals surface area contributed by atoms with E-state index in [0.29, 0.717) is 5.92 Å². The third-order valence-corrected chi connectivity index (χ3v) is 3.67. The molecule has 1 aromatic rings. The summed E-state index contributed by atoms with van der Waals surface area (Å²) in [6.45, 7) is 4.46. The number of rotatable bonds is 5. The van der Waals surface area contributed by atoms with Crippen LogP contribution in [-0.2, 0) is 6.54 Å². The van der Waals surface area contributed by atoms with Crippen molar-refractivity contribution in [3.8, 4) is 0 Å². The maximum Gasteiger partial charge on any atom is 0.112 e. The number of hydrogen-bond acceptors (Lipinski definition) is 2. The second-order valence-corrected chi connectivity index (χ2v) is 4.83. The molecule has 0 spiro atoms. The molecule has 0 bridgehead atoms. The predicted octanol–water partition coefficient (Wildman–Crippen LogP) is 2.40. The first-order valence-corrected chi connectivity index (χ1v) is 6.52. The summed E-state index contributed by atoms with van der Waals surface area (Å²) in [6.07, 6.45) is 9.30. The summed E-state index contributed by atoms with van der Waals surface area (Å²) < 4.78 is 2.35. The Kier molecular flexibility index (Phi) is 3.99. The zero-order chi connectivity index (χ0) is 11.4. The van der Waals surface area contributed by atoms with Crippen LogP contribution in [0.25, 0.3) is 0 Å². The van der Waals surface area contributed by atoms with Crippen molar-refractivity contribution in [3.63, 3.8) is 0 Å². The highest BCUT2D eigenvalue weighted by molar-refractivity contribution is 5.05. The average molecular weight is 221 g/mol. The van der Waals surface area contributed by atoms with Crippen molar-refractivity contribution < 1.29 is 0 Å². The first kappa shape index (κ1) is 11.6. The average Bonchev–Trinajstić information content (AvgIpc) is 2.87. The van der Waals surface area contributed by atoms with Crippen molar-refractivity contribution in [2.45, 2.75) is 45.1 Å². The van der Waals surface area contributed by atoms with E-state index >= 15 is 0 Å². The lowest BCUT2D eigenvalue weighted by atomic mass is 9.95. The molecule has 2 rings (SSSR count). The smallest absolute Gasteiger partial charge is 0.112 e. The summed E-state index contributed by atoms with van der Waals surface area (Å²) in [4.78, 5) is 4.58. The summed E-state index contributed by atoms with van der Waals surface area (Å²) >= 11 is 0. The predicted molar refractivity (Wildman–Crippen MR) is 66.5 cm³/mol. The van der Waals surface area contributed by atoms with Crippen molar-refractivity contribution >= 4 is 0 Å². The highest BCUT2D eigenvalue weighted by atomic mass is 15.1. The largest absolute Gasteiger partial charge is 0.335 e. The molecule has 0 radical (unpaired) electrons. The lowest BCUT2D eigenvalue weighted by Gasteiger charge is -2.20. The van der Waals surface area contributed by atoms with E-state index in [1.54, 1.807) is 0 Å². The van der Waals surface area contributed by atoms with Gasteiger partial charge in [-0.05, 0) is 38.8 Å². The van der Waals surface area contributed by atoms with Gasteiger partial charge in [-0.1, -0.05) is 13.3 Å². The van der Waals surface area contributed by atoms with Crippen molar-refractivity contribution in [2.75, 3.05) is 13.6 Å². The second-order valence-electron chi connectivity index (χ2n) is 4.83. The number of aryl methyl sites for hydroxylation is 1. The molecule has 3 heteroatoms. The second kappa shape index (κ2) is 5.48. The van der Waals surface area contributed by atoms with E-state index in [2.05, 4.69) is 28.0 Å². The van der Waals surface area contributed by atoms with Crippen LogP contribution in [0.2, 0.25) is 0 Å². The van der Waals surface area contributed by atoms with E-state index in [9.17, 15) is 0 Å². The van der Waals surface area contributed by atoms with Gasteiger partial charge in [0, 0.05) is 24.9 Å². The molecule has 0 saturated heterocycles. The maximum atomic E-state index is 4.58. The van der Waals surface area contributed by atoms with Gasteiger partial charge in [0.05, 0.1) is 0 Å². The molecule has 1 aliphatic rings. The van der Waals surface area contributed by atoms with Crippen LogP contribution in [0.3, 0.4) is 0 Å². The minimum atomic E-state index is 0.675. The summed E-state index contributed by atoms with van der Waals surface area (Å²) in [5.74, 6) is 2.77. The van der Waals surface area contributed by atoms with Crippen molar-refractivity contribution in [2.24, 2.45) is 5.92 Å². The number of aromatic nitrogens is 2. The Balaban J connectivity index is 2.12. The number of nitrogens with one attached hydrogen (secondary N) is 1. The van der Waals surface area contributed by atoms with Gasteiger partial charge >= 0.3 is 0 Å². The van der Waals surface area contributed by atoms with E-state index < -0.39 is 0 Å². The van der Waals surface area contributed by atoms with Gasteiger partial charge in [0.2, 0.25) is 0 Å². The van der Waals surface area contributed by atoms with E-state index in [1.165, 1.54) is 31.5 Å². The van der Waals surface area contributed by atoms with E-state index in [0.717, 1.165) is 19.0 Å². The zero-order valence-corrected chi connectivity index (χ0v) is 10.4. The van der Waals surface area contributed by atoms with Crippen LogP contribution in [0.15, 0.2) is 12.4 Å². The summed E-state index contributed by atoms with van der Waals surface area (Å²) in [5, 5.41) is 3.32. The lowest BCUT2D eigenvalue weighted by molar-refractivity contribution is 0.432. The Morgan fingerprint density at radius 1 is 1.50 bits per heavy atom. The molecule has 0 amide bonds. The van der Waals surface area contributed by atoms with Gasteiger partial charge in [0.1, 0.15) is 5.82 Å². The Bertz CT molecular complexity index is 319. The molecule has 2 unspecified atom stereocenters. The summed E-state index contributed by atoms with van der Waals surface area (Å²) in [7, 11) is 2.05. The van der Waals surface area contributed by atoms with Gasteiger partial charge in [-0.2, -0.15) is 0 Å². The Labute approximate surface area is 98.3 Å². The minimum Gasteiger partial charge on any atom is -0.335 e. The highest BCUT2D eigenvalue weighted by Crippen LogP contribution is 2.38. The molecular formula is C13H23N3. The fraction of sp³-hybridized carbons (Fsp3) is 0.769. The molecule has 1 aliphatic carbocycles. The van der Waals surface area contributed by atoms with Gasteiger partial charge in [0.15, 0.2) is 0 Å². The minimum absolute atomic E-state index is 0.675. The third-order valence-electron chi connectivity index (χ3n) is 3.67. The van der Waals surface area contributed by atoms with Crippen molar-refractivity contribution in [3.05, 3.63) is 18.2 Å². The quantitative estimate of drug-likeness (QED) is 0.827. The number of imidazole rings is 1. The Hall–Kier alpha value is -0.830. The molecule has 1 aromatic heterocycles. The van der Waals surface area contributed by atoms with E-state index in [4.69, 9.17) is 0 Å². The van der Waals surface area contributed by atoms with Crippen molar-refractivity contribution in [1.82, 2.24) is 14.9 Å². The summed E-state index contributed by atoms with van der Waals surface area (Å²) in [5.41, 5.74) is 0. The topological polar surface area (TPSA) is 29.9 Å². The Morgan fingerprint density at radius 3 is 3.12 bits per heavy atom. The van der Waals surface area contributed by atoms with Gasteiger partial charge in [-0.3, -0.25) is 0 Å². The zero-order valence-electron chi connectivity index (χ0n) is 10.4. The van der Waals surface area contributed by atoms with Crippen LogP contribution in [0, 0.1) is 5.92 Å². The number of nitrogens with zero attached hydrogens (tertiary/aromatic N) is 2. The van der Waals surface area contributed by atoms with E-state index in [1.807, 2.05) is 13.2 Å². The van der Waals surface area contributed by atoms with Crippen LogP contribution in [-0.4, -0.2) is 23.1 Å². The normalized spacial score (nSPS) is 25.1. The highest BCUT2D eigenvalue weighted by Gasteiger charge is 2.30. The van der Waals surface area contributed by atoms with Crippen LogP contribution < -0.4 is 5.32 Å². The maximum absolute atomic E-state index is 4.58. The van der Waals surface area contributed by atoms with Crippen LogP contribution in [0.4, 0.5) is 0 Å². The fourth-order valence-electron chi connectivity index (χ4n) is 2.96. The molecule has 1 heterocycles. The monoisotopic (exact) mass is 221 g/mol. The van der Waals surface area contributed by atoms with Crippen molar-refractivity contribution in [1.29, 1.82) is 0 Å². The lowest BCUT2D eigenvalue weighted by Crippen LogP contribution is -2.23. The third kappa shape index (κ3) is 2.29. The fourth-order valence-corrected chi connectivity index (χ4v) is 2.96. The Morgan fingerprint density at radius 2 is 2.38 bits per heavy atom. The molecule has 1 fully saturated rings. The first-order chi connectivity index (χ1) is 7.86. The molecule has 3 nitrogen and oxygen atoms in total. The molecule has 16 heavy (non-hydrogen) atoms. The molecule has 1 saturated carbocycles. The molecule has 1 N–H and O–H groups in total. The first-order valence-electron chi connectivity index (χ1n) is 6.52. The van der Waals surface area contributed by atoms with Crippen LogP contribution in [0.5, 0.6) is 0 Å². The molecular weight excluding hydrogens is 198 g/mol. The number of hydrogen-bond donors (Lipinski definition) is 1. The molecule has 2 atom stereocenters. The van der Waals surface area contributed by atoms with Gasteiger partial charge < -0.3 is 9.88 Å². The van der Waals surface area contributed by atoms with Crippen LogP contribution >= 0.6 is 0 Å². The van der Waals surface area contributed by atoms with Crippen LogP contribution in [0.1, 0.15) is 44.3 Å². The SMILES string of the molecule is CCCn1ccnc1C1CCCC1CNC. The standard InChI is InChI=1S/C13H23N3/c1-3-8-16-9-7-15-13(16)12-6-4-5-11(12)10-14-2/h7,9,11-12,14H,3-6,8,10H2,1-2H3. The van der Waals surface area contributed by atoms with Gasteiger partial charge in [0.25, 0.3) is 0 Å². The van der Waals surface area contributed by atoms with Gasteiger partial charge in [-0.25, -0.2) is 4.98 Å². The van der Waals surface area contributed by atoms with E-state index in [-0.39, 0.29) is 0 Å². The molecule has 0 aliphatic heterocycles. The summed E-state index contributed by atoms with van der Waals surface area (Å²) in [6, 6.07) is 0. The molecule has 0 aromatic carbocycles.